The Balaban J connectivity index is 1.65. The molecule has 2 unspecified atom stereocenters. The number of hydrogen-bond acceptors (Lipinski definition) is 3. The molecule has 0 amide bonds. The molecule has 2 rings (SSSR count). The lowest BCUT2D eigenvalue weighted by Crippen LogP contribution is -2.38. The summed E-state index contributed by atoms with van der Waals surface area (Å²) in [6, 6.07) is 9.06. The van der Waals surface area contributed by atoms with Crippen molar-refractivity contribution < 1.29 is 4.74 Å². The molecule has 0 spiro atoms. The standard InChI is InChI=1S/C16H25NOS/c1-13-5-3-4-6-16(13)17-11-12-19-15-9-7-14(18-2)8-10-15/h7-10,13,16-17H,3-6,11-12H2,1-2H3. The van der Waals surface area contributed by atoms with Crippen molar-refractivity contribution in [2.45, 2.75) is 43.5 Å². The first kappa shape index (κ1) is 14.7. The summed E-state index contributed by atoms with van der Waals surface area (Å²) in [7, 11) is 1.71. The summed E-state index contributed by atoms with van der Waals surface area (Å²) >= 11 is 1.91. The van der Waals surface area contributed by atoms with Crippen LogP contribution in [0.25, 0.3) is 0 Å². The fourth-order valence-electron chi connectivity index (χ4n) is 2.70. The minimum atomic E-state index is 0.741. The predicted octanol–water partition coefficient (Wildman–Crippen LogP) is 3.96. The molecule has 1 saturated carbocycles. The van der Waals surface area contributed by atoms with E-state index < -0.39 is 0 Å². The minimum Gasteiger partial charge on any atom is -0.497 e. The summed E-state index contributed by atoms with van der Waals surface area (Å²) < 4.78 is 5.16. The van der Waals surface area contributed by atoms with Crippen molar-refractivity contribution in [1.82, 2.24) is 5.32 Å². The van der Waals surface area contributed by atoms with Gasteiger partial charge in [-0.05, 0) is 43.0 Å². The van der Waals surface area contributed by atoms with Gasteiger partial charge >= 0.3 is 0 Å². The van der Waals surface area contributed by atoms with E-state index in [4.69, 9.17) is 4.74 Å². The van der Waals surface area contributed by atoms with Gasteiger partial charge in [0.2, 0.25) is 0 Å². The highest BCUT2D eigenvalue weighted by molar-refractivity contribution is 7.99. The normalized spacial score (nSPS) is 23.3. The highest BCUT2D eigenvalue weighted by Crippen LogP contribution is 2.24. The van der Waals surface area contributed by atoms with E-state index in [-0.39, 0.29) is 0 Å². The van der Waals surface area contributed by atoms with Crippen molar-refractivity contribution in [2.75, 3.05) is 19.4 Å². The van der Waals surface area contributed by atoms with E-state index in [0.29, 0.717) is 0 Å². The molecule has 2 atom stereocenters. The van der Waals surface area contributed by atoms with Crippen molar-refractivity contribution in [3.63, 3.8) is 0 Å². The molecule has 19 heavy (non-hydrogen) atoms. The molecule has 2 nitrogen and oxygen atoms in total. The SMILES string of the molecule is COc1ccc(SCCNC2CCCCC2C)cc1. The smallest absolute Gasteiger partial charge is 0.118 e. The van der Waals surface area contributed by atoms with Crippen LogP contribution in [-0.2, 0) is 0 Å². The van der Waals surface area contributed by atoms with E-state index in [2.05, 4.69) is 24.4 Å². The number of benzene rings is 1. The van der Waals surface area contributed by atoms with Gasteiger partial charge in [0.05, 0.1) is 7.11 Å². The molecule has 1 aliphatic carbocycles. The number of ether oxygens (including phenoxy) is 1. The van der Waals surface area contributed by atoms with Crippen LogP contribution in [-0.4, -0.2) is 25.4 Å². The van der Waals surface area contributed by atoms with E-state index >= 15 is 0 Å². The highest BCUT2D eigenvalue weighted by atomic mass is 32.2. The lowest BCUT2D eigenvalue weighted by atomic mass is 9.86. The summed E-state index contributed by atoms with van der Waals surface area (Å²) in [5.41, 5.74) is 0. The van der Waals surface area contributed by atoms with Crippen LogP contribution in [0.4, 0.5) is 0 Å². The molecule has 1 aromatic rings. The Morgan fingerprint density at radius 1 is 1.21 bits per heavy atom. The molecule has 0 heterocycles. The molecule has 0 aliphatic heterocycles. The summed E-state index contributed by atoms with van der Waals surface area (Å²) in [4.78, 5) is 1.32. The van der Waals surface area contributed by atoms with E-state index in [0.717, 1.165) is 30.0 Å². The molecule has 106 valence electrons. The van der Waals surface area contributed by atoms with Crippen LogP contribution in [0.3, 0.4) is 0 Å². The molecule has 0 aromatic heterocycles. The first-order valence-electron chi connectivity index (χ1n) is 7.30. The molecule has 3 heteroatoms. The number of nitrogens with one attached hydrogen (secondary N) is 1. The molecule has 1 N–H and O–H groups in total. The van der Waals surface area contributed by atoms with E-state index in [1.165, 1.54) is 30.6 Å². The van der Waals surface area contributed by atoms with Gasteiger partial charge in [0.25, 0.3) is 0 Å². The zero-order valence-corrected chi connectivity index (χ0v) is 12.8. The second-order valence-corrected chi connectivity index (χ2v) is 6.51. The summed E-state index contributed by atoms with van der Waals surface area (Å²) in [6.07, 6.45) is 5.56. The van der Waals surface area contributed by atoms with Gasteiger partial charge in [0.1, 0.15) is 5.75 Å². The third-order valence-electron chi connectivity index (χ3n) is 3.95. The summed E-state index contributed by atoms with van der Waals surface area (Å²) in [5, 5.41) is 3.72. The lowest BCUT2D eigenvalue weighted by molar-refractivity contribution is 0.285. The van der Waals surface area contributed by atoms with Crippen LogP contribution < -0.4 is 10.1 Å². The first-order valence-corrected chi connectivity index (χ1v) is 8.28. The van der Waals surface area contributed by atoms with Crippen LogP contribution in [0.2, 0.25) is 0 Å². The maximum atomic E-state index is 5.16. The Morgan fingerprint density at radius 3 is 2.63 bits per heavy atom. The topological polar surface area (TPSA) is 21.3 Å². The Morgan fingerprint density at radius 2 is 1.95 bits per heavy atom. The van der Waals surface area contributed by atoms with Gasteiger partial charge in [0, 0.05) is 23.2 Å². The first-order chi connectivity index (χ1) is 9.29. The predicted molar refractivity (Wildman–Crippen MR) is 83.1 cm³/mol. The van der Waals surface area contributed by atoms with Crippen LogP contribution >= 0.6 is 11.8 Å². The van der Waals surface area contributed by atoms with E-state index in [9.17, 15) is 0 Å². The second-order valence-electron chi connectivity index (χ2n) is 5.35. The van der Waals surface area contributed by atoms with Gasteiger partial charge in [-0.15, -0.1) is 11.8 Å². The molecule has 1 aromatic carbocycles. The van der Waals surface area contributed by atoms with Gasteiger partial charge in [0.15, 0.2) is 0 Å². The van der Waals surface area contributed by atoms with E-state index in [1.807, 2.05) is 23.9 Å². The summed E-state index contributed by atoms with van der Waals surface area (Å²) in [5.74, 6) is 2.91. The van der Waals surface area contributed by atoms with Gasteiger partial charge in [-0.2, -0.15) is 0 Å². The average molecular weight is 279 g/mol. The lowest BCUT2D eigenvalue weighted by Gasteiger charge is -2.29. The fourth-order valence-corrected chi connectivity index (χ4v) is 3.49. The zero-order valence-electron chi connectivity index (χ0n) is 12.0. The Kier molecular flexibility index (Phi) is 6.05. The number of hydrogen-bond donors (Lipinski definition) is 1. The second kappa shape index (κ2) is 7.81. The average Bonchev–Trinajstić information content (AvgIpc) is 2.46. The van der Waals surface area contributed by atoms with E-state index in [1.54, 1.807) is 7.11 Å². The molecule has 0 bridgehead atoms. The minimum absolute atomic E-state index is 0.741. The monoisotopic (exact) mass is 279 g/mol. The molecular formula is C16H25NOS. The third kappa shape index (κ3) is 4.73. The van der Waals surface area contributed by atoms with Crippen molar-refractivity contribution in [2.24, 2.45) is 5.92 Å². The van der Waals surface area contributed by atoms with Crippen LogP contribution in [0, 0.1) is 5.92 Å². The number of thioether (sulfide) groups is 1. The quantitative estimate of drug-likeness (QED) is 0.629. The van der Waals surface area contributed by atoms with Gasteiger partial charge in [-0.25, -0.2) is 0 Å². The number of rotatable bonds is 6. The van der Waals surface area contributed by atoms with Gasteiger partial charge < -0.3 is 10.1 Å². The molecule has 0 saturated heterocycles. The Labute approximate surface area is 121 Å². The maximum Gasteiger partial charge on any atom is 0.118 e. The molecule has 1 aliphatic rings. The van der Waals surface area contributed by atoms with Crippen LogP contribution in [0.1, 0.15) is 32.6 Å². The maximum absolute atomic E-state index is 5.16. The molecular weight excluding hydrogens is 254 g/mol. The molecule has 1 fully saturated rings. The van der Waals surface area contributed by atoms with Crippen molar-refractivity contribution >= 4 is 11.8 Å². The molecule has 0 radical (unpaired) electrons. The summed E-state index contributed by atoms with van der Waals surface area (Å²) in [6.45, 7) is 3.49. The number of methoxy groups -OCH3 is 1. The Hall–Kier alpha value is -0.670. The van der Waals surface area contributed by atoms with Gasteiger partial charge in [-0.3, -0.25) is 0 Å². The van der Waals surface area contributed by atoms with Crippen LogP contribution in [0.15, 0.2) is 29.2 Å². The van der Waals surface area contributed by atoms with Crippen molar-refractivity contribution in [3.05, 3.63) is 24.3 Å². The largest absolute Gasteiger partial charge is 0.497 e. The third-order valence-corrected chi connectivity index (χ3v) is 4.96. The van der Waals surface area contributed by atoms with Gasteiger partial charge in [-0.1, -0.05) is 19.8 Å². The van der Waals surface area contributed by atoms with Crippen LogP contribution in [0.5, 0.6) is 5.75 Å². The fraction of sp³-hybridized carbons (Fsp3) is 0.625. The Bertz CT molecular complexity index is 366. The van der Waals surface area contributed by atoms with Crippen molar-refractivity contribution in [3.8, 4) is 5.75 Å². The zero-order chi connectivity index (χ0) is 13.5. The van der Waals surface area contributed by atoms with Crippen molar-refractivity contribution in [1.29, 1.82) is 0 Å². The highest BCUT2D eigenvalue weighted by Gasteiger charge is 2.19.